The second kappa shape index (κ2) is 8.87. The maximum Gasteiger partial charge on any atom is 0.252 e. The van der Waals surface area contributed by atoms with Crippen LogP contribution in [0.25, 0.3) is 10.2 Å². The fourth-order valence-electron chi connectivity index (χ4n) is 2.87. The van der Waals surface area contributed by atoms with Crippen molar-refractivity contribution in [2.45, 2.75) is 31.7 Å². The third-order valence-corrected chi connectivity index (χ3v) is 6.34. The molecule has 0 bridgehead atoms. The number of thioether (sulfide) groups is 1. The number of ether oxygens (including phenoxy) is 1. The Bertz CT molecular complexity index is 1020. The summed E-state index contributed by atoms with van der Waals surface area (Å²) in [7, 11) is 1.69. The number of carbonyl (C=O) groups excluding carboxylic acids is 1. The SMILES string of the molecule is COCCn1c(=NC(=O)Cc2ccc(SC)cc2)sc2cc(C)c(C)cc21. The highest BCUT2D eigenvalue weighted by Gasteiger charge is 2.10. The van der Waals surface area contributed by atoms with Crippen molar-refractivity contribution >= 4 is 39.2 Å². The number of nitrogens with zero attached hydrogens (tertiary/aromatic N) is 2. The first-order valence-electron chi connectivity index (χ1n) is 8.82. The van der Waals surface area contributed by atoms with Gasteiger partial charge >= 0.3 is 0 Å². The van der Waals surface area contributed by atoms with Gasteiger partial charge in [-0.2, -0.15) is 4.99 Å². The molecule has 0 aliphatic heterocycles. The number of aromatic nitrogens is 1. The van der Waals surface area contributed by atoms with E-state index in [0.29, 0.717) is 19.6 Å². The monoisotopic (exact) mass is 400 g/mol. The van der Waals surface area contributed by atoms with Gasteiger partial charge in [0, 0.05) is 18.6 Å². The Morgan fingerprint density at radius 3 is 2.56 bits per heavy atom. The van der Waals surface area contributed by atoms with Gasteiger partial charge in [-0.25, -0.2) is 0 Å². The summed E-state index contributed by atoms with van der Waals surface area (Å²) in [4.78, 5) is 18.9. The fourth-order valence-corrected chi connectivity index (χ4v) is 4.43. The Hall–Kier alpha value is -1.89. The normalized spacial score (nSPS) is 12.1. The van der Waals surface area contributed by atoms with Crippen molar-refractivity contribution in [2.24, 2.45) is 4.99 Å². The van der Waals surface area contributed by atoms with Crippen LogP contribution < -0.4 is 4.80 Å². The lowest BCUT2D eigenvalue weighted by atomic mass is 10.1. The minimum atomic E-state index is -0.127. The zero-order chi connectivity index (χ0) is 19.4. The summed E-state index contributed by atoms with van der Waals surface area (Å²) in [6.45, 7) is 5.46. The molecule has 4 nitrogen and oxygen atoms in total. The van der Waals surface area contributed by atoms with Crippen LogP contribution in [0.5, 0.6) is 0 Å². The van der Waals surface area contributed by atoms with Crippen LogP contribution in [0.2, 0.25) is 0 Å². The molecule has 0 spiro atoms. The highest BCUT2D eigenvalue weighted by Crippen LogP contribution is 2.22. The van der Waals surface area contributed by atoms with Crippen LogP contribution in [-0.2, 0) is 22.5 Å². The van der Waals surface area contributed by atoms with E-state index in [0.717, 1.165) is 20.6 Å². The number of hydrogen-bond acceptors (Lipinski definition) is 4. The predicted molar refractivity (Wildman–Crippen MR) is 114 cm³/mol. The number of methoxy groups -OCH3 is 1. The molecule has 0 N–H and O–H groups in total. The van der Waals surface area contributed by atoms with Crippen molar-refractivity contribution in [1.82, 2.24) is 4.57 Å². The van der Waals surface area contributed by atoms with E-state index < -0.39 is 0 Å². The van der Waals surface area contributed by atoms with Gasteiger partial charge in [-0.3, -0.25) is 4.79 Å². The molecule has 6 heteroatoms. The number of carbonyl (C=O) groups is 1. The van der Waals surface area contributed by atoms with Gasteiger partial charge in [0.1, 0.15) is 0 Å². The van der Waals surface area contributed by atoms with E-state index in [1.54, 1.807) is 30.2 Å². The van der Waals surface area contributed by atoms with Gasteiger partial charge in [0.05, 0.1) is 23.2 Å². The number of hydrogen-bond donors (Lipinski definition) is 0. The molecule has 0 saturated heterocycles. The number of aryl methyl sites for hydroxylation is 2. The molecule has 0 aliphatic rings. The van der Waals surface area contributed by atoms with Crippen LogP contribution in [0.15, 0.2) is 46.3 Å². The minimum Gasteiger partial charge on any atom is -0.383 e. The van der Waals surface area contributed by atoms with Gasteiger partial charge in [-0.1, -0.05) is 23.5 Å². The molecule has 0 radical (unpaired) electrons. The molecule has 3 aromatic rings. The van der Waals surface area contributed by atoms with Gasteiger partial charge in [0.15, 0.2) is 4.80 Å². The predicted octanol–water partition coefficient (Wildman–Crippen LogP) is 4.36. The second-order valence-corrected chi connectivity index (χ2v) is 8.35. The van der Waals surface area contributed by atoms with Crippen LogP contribution in [0.1, 0.15) is 16.7 Å². The Labute approximate surface area is 167 Å². The fraction of sp³-hybridized carbons (Fsp3) is 0.333. The molecule has 0 atom stereocenters. The van der Waals surface area contributed by atoms with Crippen LogP contribution in [0.3, 0.4) is 0 Å². The van der Waals surface area contributed by atoms with Crippen molar-refractivity contribution in [2.75, 3.05) is 20.0 Å². The average Bonchev–Trinajstić information content (AvgIpc) is 2.96. The first kappa shape index (κ1) is 19.9. The Morgan fingerprint density at radius 2 is 1.89 bits per heavy atom. The van der Waals surface area contributed by atoms with E-state index in [1.165, 1.54) is 16.0 Å². The maximum absolute atomic E-state index is 12.6. The summed E-state index contributed by atoms with van der Waals surface area (Å²) in [5, 5.41) is 0. The molecule has 0 fully saturated rings. The van der Waals surface area contributed by atoms with Gasteiger partial charge in [0.2, 0.25) is 0 Å². The quantitative estimate of drug-likeness (QED) is 0.578. The lowest BCUT2D eigenvalue weighted by Crippen LogP contribution is -2.19. The van der Waals surface area contributed by atoms with Crippen molar-refractivity contribution < 1.29 is 9.53 Å². The maximum atomic E-state index is 12.6. The highest BCUT2D eigenvalue weighted by molar-refractivity contribution is 7.98. The lowest BCUT2D eigenvalue weighted by Gasteiger charge is -2.06. The topological polar surface area (TPSA) is 43.6 Å². The molecule has 0 unspecified atom stereocenters. The number of amides is 1. The van der Waals surface area contributed by atoms with Crippen LogP contribution >= 0.6 is 23.1 Å². The Kier molecular flexibility index (Phi) is 6.52. The molecule has 1 aromatic heterocycles. The standard InChI is InChI=1S/C21H24N2O2S2/c1-14-11-18-19(12-15(14)2)27-21(23(18)9-10-25-3)22-20(24)13-16-5-7-17(26-4)8-6-16/h5-8,11-12H,9-10,13H2,1-4H3. The average molecular weight is 401 g/mol. The highest BCUT2D eigenvalue weighted by atomic mass is 32.2. The first-order chi connectivity index (χ1) is 13.0. The zero-order valence-electron chi connectivity index (χ0n) is 16.1. The van der Waals surface area contributed by atoms with Crippen molar-refractivity contribution in [3.8, 4) is 0 Å². The molecule has 142 valence electrons. The summed E-state index contributed by atoms with van der Waals surface area (Å²) in [6.07, 6.45) is 2.35. The molecule has 0 aliphatic carbocycles. The second-order valence-electron chi connectivity index (χ2n) is 6.46. The van der Waals surface area contributed by atoms with Gasteiger partial charge in [-0.15, -0.1) is 11.8 Å². The van der Waals surface area contributed by atoms with E-state index in [2.05, 4.69) is 35.5 Å². The molecule has 27 heavy (non-hydrogen) atoms. The number of fused-ring (bicyclic) bond motifs is 1. The summed E-state index contributed by atoms with van der Waals surface area (Å²) in [5.41, 5.74) is 4.57. The third-order valence-electron chi connectivity index (χ3n) is 4.55. The van der Waals surface area contributed by atoms with Crippen molar-refractivity contribution in [3.63, 3.8) is 0 Å². The van der Waals surface area contributed by atoms with Crippen LogP contribution in [0.4, 0.5) is 0 Å². The molecule has 3 rings (SSSR count). The molecule has 0 saturated carbocycles. The van der Waals surface area contributed by atoms with E-state index >= 15 is 0 Å². The molecule has 1 heterocycles. The van der Waals surface area contributed by atoms with E-state index in [-0.39, 0.29) is 5.91 Å². The van der Waals surface area contributed by atoms with E-state index in [4.69, 9.17) is 4.74 Å². The van der Waals surface area contributed by atoms with Crippen LogP contribution in [0, 0.1) is 13.8 Å². The molecular weight excluding hydrogens is 376 g/mol. The third kappa shape index (κ3) is 4.69. The van der Waals surface area contributed by atoms with Gasteiger partial charge in [0.25, 0.3) is 5.91 Å². The summed E-state index contributed by atoms with van der Waals surface area (Å²) >= 11 is 3.25. The smallest absolute Gasteiger partial charge is 0.252 e. The summed E-state index contributed by atoms with van der Waals surface area (Å²) in [5.74, 6) is -0.127. The largest absolute Gasteiger partial charge is 0.383 e. The van der Waals surface area contributed by atoms with E-state index in [1.807, 2.05) is 30.5 Å². The van der Waals surface area contributed by atoms with Gasteiger partial charge in [-0.05, 0) is 61.1 Å². The summed E-state index contributed by atoms with van der Waals surface area (Å²) in [6, 6.07) is 12.4. The van der Waals surface area contributed by atoms with Gasteiger partial charge < -0.3 is 9.30 Å². The molecule has 2 aromatic carbocycles. The van der Waals surface area contributed by atoms with Crippen molar-refractivity contribution in [1.29, 1.82) is 0 Å². The Balaban J connectivity index is 1.96. The number of thiazole rings is 1. The van der Waals surface area contributed by atoms with E-state index in [9.17, 15) is 4.79 Å². The molecule has 1 amide bonds. The first-order valence-corrected chi connectivity index (χ1v) is 10.9. The lowest BCUT2D eigenvalue weighted by molar-refractivity contribution is -0.117. The van der Waals surface area contributed by atoms with Crippen molar-refractivity contribution in [3.05, 3.63) is 57.9 Å². The summed E-state index contributed by atoms with van der Waals surface area (Å²) < 4.78 is 8.48. The Morgan fingerprint density at radius 1 is 1.19 bits per heavy atom. The molecular formula is C21H24N2O2S2. The minimum absolute atomic E-state index is 0.127. The number of rotatable bonds is 6. The van der Waals surface area contributed by atoms with Crippen LogP contribution in [-0.4, -0.2) is 30.4 Å². The zero-order valence-corrected chi connectivity index (χ0v) is 17.7. The number of benzene rings is 2.